The van der Waals surface area contributed by atoms with Crippen LogP contribution in [0.15, 0.2) is 47.6 Å². The second-order valence-electron chi connectivity index (χ2n) is 8.79. The first-order chi connectivity index (χ1) is 16.3. The Kier molecular flexibility index (Phi) is 5.83. The van der Waals surface area contributed by atoms with Gasteiger partial charge >= 0.3 is 0 Å². The first-order valence-corrected chi connectivity index (χ1v) is 11.9. The van der Waals surface area contributed by atoms with Gasteiger partial charge in [0, 0.05) is 36.1 Å². The Morgan fingerprint density at radius 1 is 1.09 bits per heavy atom. The van der Waals surface area contributed by atoms with Gasteiger partial charge in [0.1, 0.15) is 12.1 Å². The molecule has 2 saturated heterocycles. The monoisotopic (exact) mass is 477 g/mol. The molecule has 2 atom stereocenters. The molecule has 0 spiro atoms. The lowest BCUT2D eigenvalue weighted by Crippen LogP contribution is -2.55. The van der Waals surface area contributed by atoms with Crippen LogP contribution in [-0.4, -0.2) is 58.2 Å². The van der Waals surface area contributed by atoms with Crippen LogP contribution in [-0.2, 0) is 4.79 Å². The Labute approximate surface area is 201 Å². The molecule has 3 heterocycles. The van der Waals surface area contributed by atoms with E-state index in [2.05, 4.69) is 46.0 Å². The highest BCUT2D eigenvalue weighted by atomic mass is 32.2. The lowest BCUT2D eigenvalue weighted by atomic mass is 10.0. The third-order valence-electron chi connectivity index (χ3n) is 6.52. The number of rotatable bonds is 3. The number of nitrogens with one attached hydrogen (secondary N) is 1. The molecule has 34 heavy (non-hydrogen) atoms. The molecular weight excluding hydrogens is 453 g/mol. The van der Waals surface area contributed by atoms with Crippen LogP contribution in [0, 0.1) is 5.82 Å². The van der Waals surface area contributed by atoms with Crippen molar-refractivity contribution in [1.29, 1.82) is 0 Å². The highest BCUT2D eigenvalue weighted by molar-refractivity contribution is 8.18. The van der Waals surface area contributed by atoms with Crippen molar-refractivity contribution < 1.29 is 14.0 Å². The third kappa shape index (κ3) is 4.17. The summed E-state index contributed by atoms with van der Waals surface area (Å²) in [6.07, 6.45) is 3.12. The first-order valence-electron chi connectivity index (χ1n) is 11.1. The summed E-state index contributed by atoms with van der Waals surface area (Å²) >= 11 is 0.865. The second kappa shape index (κ2) is 8.81. The molecule has 2 aliphatic rings. The zero-order valence-corrected chi connectivity index (χ0v) is 19.9. The Morgan fingerprint density at radius 2 is 1.85 bits per heavy atom. The number of imide groups is 1. The van der Waals surface area contributed by atoms with E-state index in [1.165, 1.54) is 12.4 Å². The van der Waals surface area contributed by atoms with Crippen LogP contribution in [0.1, 0.15) is 19.4 Å². The van der Waals surface area contributed by atoms with Crippen LogP contribution in [0.2, 0.25) is 0 Å². The zero-order valence-electron chi connectivity index (χ0n) is 19.1. The van der Waals surface area contributed by atoms with E-state index < -0.39 is 5.91 Å². The summed E-state index contributed by atoms with van der Waals surface area (Å²) in [6, 6.07) is 11.4. The molecule has 0 bridgehead atoms. The van der Waals surface area contributed by atoms with Crippen molar-refractivity contribution in [2.24, 2.45) is 0 Å². The predicted molar refractivity (Wildman–Crippen MR) is 133 cm³/mol. The molecule has 2 aromatic carbocycles. The standard InChI is InChI=1S/C25H24FN5O2S/c1-14-11-31(12-15(2)30(14)3)21-7-5-17(10-19(21)26)23-18-8-16(4-6-20(18)27-13-28-23)9-22-24(32)29-25(33)34-22/h4-10,13-15H,11-12H2,1-3H3,(H,29,32,33)/b22-9-/t14-,15+. The Balaban J connectivity index is 1.50. The second-order valence-corrected chi connectivity index (χ2v) is 9.80. The average molecular weight is 478 g/mol. The maximum absolute atomic E-state index is 15.3. The van der Waals surface area contributed by atoms with Crippen LogP contribution in [0.4, 0.5) is 14.9 Å². The van der Waals surface area contributed by atoms with E-state index >= 15 is 4.39 Å². The number of likely N-dealkylation sites (N-methyl/N-ethyl adjacent to an activating group) is 1. The van der Waals surface area contributed by atoms with Crippen molar-refractivity contribution >= 4 is 45.6 Å². The van der Waals surface area contributed by atoms with Gasteiger partial charge in [-0.15, -0.1) is 0 Å². The number of thioether (sulfide) groups is 1. The van der Waals surface area contributed by atoms with E-state index in [1.54, 1.807) is 6.08 Å². The van der Waals surface area contributed by atoms with Crippen molar-refractivity contribution in [1.82, 2.24) is 20.2 Å². The number of aromatic nitrogens is 2. The highest BCUT2D eigenvalue weighted by Gasteiger charge is 2.28. The SMILES string of the molecule is C[C@@H]1CN(c2ccc(-c3ncnc4ccc(/C=C5\SC(=O)NC5=O)cc34)cc2F)C[C@H](C)N1C. The number of hydrogen-bond donors (Lipinski definition) is 1. The Bertz CT molecular complexity index is 1330. The first kappa shape index (κ1) is 22.5. The molecule has 3 aromatic rings. The number of benzene rings is 2. The molecule has 0 saturated carbocycles. The topological polar surface area (TPSA) is 78.4 Å². The molecule has 7 nitrogen and oxygen atoms in total. The molecule has 0 aliphatic carbocycles. The molecule has 2 aliphatic heterocycles. The molecule has 0 radical (unpaired) electrons. The van der Waals surface area contributed by atoms with Gasteiger partial charge in [0.15, 0.2) is 0 Å². The number of halogens is 1. The maximum Gasteiger partial charge on any atom is 0.290 e. The Hall–Kier alpha value is -3.30. The van der Waals surface area contributed by atoms with Gasteiger partial charge in [0.05, 0.1) is 21.8 Å². The van der Waals surface area contributed by atoms with Crippen molar-refractivity contribution in [3.8, 4) is 11.3 Å². The fourth-order valence-electron chi connectivity index (χ4n) is 4.48. The van der Waals surface area contributed by atoms with Crippen molar-refractivity contribution in [3.05, 3.63) is 59.0 Å². The predicted octanol–water partition coefficient (Wildman–Crippen LogP) is 4.29. The van der Waals surface area contributed by atoms with E-state index in [1.807, 2.05) is 30.3 Å². The van der Waals surface area contributed by atoms with Crippen LogP contribution in [0.25, 0.3) is 28.2 Å². The minimum atomic E-state index is -0.412. The zero-order chi connectivity index (χ0) is 24.0. The minimum absolute atomic E-state index is 0.288. The number of nitrogens with zero attached hydrogens (tertiary/aromatic N) is 4. The van der Waals surface area contributed by atoms with E-state index in [0.29, 0.717) is 39.5 Å². The van der Waals surface area contributed by atoms with Gasteiger partial charge in [0.25, 0.3) is 11.1 Å². The fraction of sp³-hybridized carbons (Fsp3) is 0.280. The van der Waals surface area contributed by atoms with Crippen LogP contribution in [0.5, 0.6) is 0 Å². The van der Waals surface area contributed by atoms with Crippen LogP contribution >= 0.6 is 11.8 Å². The lowest BCUT2D eigenvalue weighted by Gasteiger charge is -2.43. The minimum Gasteiger partial charge on any atom is -0.366 e. The molecule has 9 heteroatoms. The third-order valence-corrected chi connectivity index (χ3v) is 7.33. The number of carbonyl (C=O) groups is 2. The summed E-state index contributed by atoms with van der Waals surface area (Å²) in [5.74, 6) is -0.700. The van der Waals surface area contributed by atoms with Crippen molar-refractivity contribution in [2.45, 2.75) is 25.9 Å². The molecule has 2 fully saturated rings. The van der Waals surface area contributed by atoms with Crippen LogP contribution < -0.4 is 10.2 Å². The van der Waals surface area contributed by atoms with E-state index in [4.69, 9.17) is 0 Å². The summed E-state index contributed by atoms with van der Waals surface area (Å²) in [4.78, 5) is 36.9. The molecular formula is C25H24FN5O2S. The number of fused-ring (bicyclic) bond motifs is 1. The van der Waals surface area contributed by atoms with Crippen molar-refractivity contribution in [2.75, 3.05) is 25.0 Å². The average Bonchev–Trinajstić information content (AvgIpc) is 3.13. The summed E-state index contributed by atoms with van der Waals surface area (Å²) in [5.41, 5.74) is 3.28. The van der Waals surface area contributed by atoms with Crippen LogP contribution in [0.3, 0.4) is 0 Å². The molecule has 174 valence electrons. The highest BCUT2D eigenvalue weighted by Crippen LogP contribution is 2.32. The number of piperazine rings is 1. The van der Waals surface area contributed by atoms with Gasteiger partial charge in [-0.2, -0.15) is 0 Å². The fourth-order valence-corrected chi connectivity index (χ4v) is 5.16. The summed E-state index contributed by atoms with van der Waals surface area (Å²) < 4.78 is 15.3. The molecule has 5 rings (SSSR count). The van der Waals surface area contributed by atoms with Crippen molar-refractivity contribution in [3.63, 3.8) is 0 Å². The molecule has 2 amide bonds. The summed E-state index contributed by atoms with van der Waals surface area (Å²) in [6.45, 7) is 5.83. The van der Waals surface area contributed by atoms with Gasteiger partial charge < -0.3 is 4.90 Å². The normalized spacial score (nSPS) is 22.6. The number of carbonyl (C=O) groups excluding carboxylic acids is 2. The van der Waals surface area contributed by atoms with E-state index in [0.717, 1.165) is 35.8 Å². The number of hydrogen-bond acceptors (Lipinski definition) is 7. The van der Waals surface area contributed by atoms with Gasteiger partial charge in [-0.25, -0.2) is 14.4 Å². The quantitative estimate of drug-likeness (QED) is 0.564. The lowest BCUT2D eigenvalue weighted by molar-refractivity contribution is -0.115. The smallest absolute Gasteiger partial charge is 0.290 e. The van der Waals surface area contributed by atoms with E-state index in [9.17, 15) is 9.59 Å². The summed E-state index contributed by atoms with van der Waals surface area (Å²) in [7, 11) is 2.10. The Morgan fingerprint density at radius 3 is 2.53 bits per heavy atom. The largest absolute Gasteiger partial charge is 0.366 e. The summed E-state index contributed by atoms with van der Waals surface area (Å²) in [5, 5.41) is 2.60. The molecule has 0 unspecified atom stereocenters. The van der Waals surface area contributed by atoms with Gasteiger partial charge in [0.2, 0.25) is 0 Å². The van der Waals surface area contributed by atoms with Gasteiger partial charge in [-0.1, -0.05) is 12.1 Å². The number of anilines is 1. The number of amides is 2. The molecule has 1 N–H and O–H groups in total. The van der Waals surface area contributed by atoms with Gasteiger partial charge in [-0.05, 0) is 68.6 Å². The van der Waals surface area contributed by atoms with Gasteiger partial charge in [-0.3, -0.25) is 19.8 Å². The van der Waals surface area contributed by atoms with E-state index in [-0.39, 0.29) is 11.1 Å². The molecule has 1 aromatic heterocycles. The maximum atomic E-state index is 15.3.